The molecule has 1 fully saturated rings. The zero-order valence-electron chi connectivity index (χ0n) is 11.6. The highest BCUT2D eigenvalue weighted by molar-refractivity contribution is 6.30. The van der Waals surface area contributed by atoms with E-state index in [2.05, 4.69) is 24.8 Å². The summed E-state index contributed by atoms with van der Waals surface area (Å²) in [4.78, 5) is 19.0. The second kappa shape index (κ2) is 5.79. The van der Waals surface area contributed by atoms with Gasteiger partial charge < -0.3 is 15.4 Å². The maximum absolute atomic E-state index is 6.24. The van der Waals surface area contributed by atoms with E-state index in [1.165, 1.54) is 0 Å². The molecule has 8 heteroatoms. The molecule has 2 aromatic heterocycles. The van der Waals surface area contributed by atoms with Crippen molar-refractivity contribution in [2.45, 2.75) is 6.92 Å². The van der Waals surface area contributed by atoms with E-state index >= 15 is 0 Å². The number of hydrogen-bond donors (Lipinski definition) is 1. The van der Waals surface area contributed by atoms with Crippen molar-refractivity contribution >= 4 is 23.5 Å². The van der Waals surface area contributed by atoms with Gasteiger partial charge in [0.1, 0.15) is 5.15 Å². The van der Waals surface area contributed by atoms with Gasteiger partial charge in [-0.05, 0) is 6.92 Å². The molecule has 0 bridgehead atoms. The average Bonchev–Trinajstić information content (AvgIpc) is 2.52. The van der Waals surface area contributed by atoms with Crippen LogP contribution in [0.3, 0.4) is 0 Å². The first-order valence-corrected chi connectivity index (χ1v) is 6.97. The van der Waals surface area contributed by atoms with Crippen LogP contribution in [-0.2, 0) is 4.74 Å². The Morgan fingerprint density at radius 1 is 1.19 bits per heavy atom. The fourth-order valence-corrected chi connectivity index (χ4v) is 2.29. The third kappa shape index (κ3) is 2.88. The van der Waals surface area contributed by atoms with Crippen molar-refractivity contribution in [3.63, 3.8) is 0 Å². The van der Waals surface area contributed by atoms with Gasteiger partial charge >= 0.3 is 0 Å². The molecule has 0 aliphatic carbocycles. The average molecular weight is 307 g/mol. The number of aromatic nitrogens is 4. The van der Waals surface area contributed by atoms with Crippen LogP contribution in [0.4, 0.5) is 11.9 Å². The van der Waals surface area contributed by atoms with E-state index in [-0.39, 0.29) is 5.95 Å². The van der Waals surface area contributed by atoms with Crippen molar-refractivity contribution in [2.75, 3.05) is 36.9 Å². The number of rotatable bonds is 2. The predicted octanol–water partition coefficient (Wildman–Crippen LogP) is 1.31. The van der Waals surface area contributed by atoms with E-state index in [0.717, 1.165) is 29.9 Å². The quantitative estimate of drug-likeness (QED) is 0.837. The molecule has 2 aromatic rings. The molecule has 3 heterocycles. The number of ether oxygens (including phenoxy) is 1. The van der Waals surface area contributed by atoms with Crippen LogP contribution in [0.1, 0.15) is 5.56 Å². The molecule has 0 atom stereocenters. The number of halogens is 1. The highest BCUT2D eigenvalue weighted by atomic mass is 35.5. The normalized spacial score (nSPS) is 15.2. The van der Waals surface area contributed by atoms with Crippen LogP contribution < -0.4 is 10.6 Å². The molecule has 0 radical (unpaired) electrons. The second-order valence-corrected chi connectivity index (χ2v) is 5.08. The van der Waals surface area contributed by atoms with E-state index in [4.69, 9.17) is 22.1 Å². The zero-order chi connectivity index (χ0) is 14.8. The summed E-state index contributed by atoms with van der Waals surface area (Å²) in [7, 11) is 0. The number of morpholine rings is 1. The monoisotopic (exact) mass is 306 g/mol. The highest BCUT2D eigenvalue weighted by Gasteiger charge is 2.18. The molecular formula is C13H15ClN6O. The van der Waals surface area contributed by atoms with Gasteiger partial charge in [0.15, 0.2) is 0 Å². The Labute approximate surface area is 127 Å². The first-order valence-electron chi connectivity index (χ1n) is 6.60. The van der Waals surface area contributed by atoms with Crippen LogP contribution in [-0.4, -0.2) is 46.2 Å². The lowest BCUT2D eigenvalue weighted by Crippen LogP contribution is -2.37. The molecule has 0 unspecified atom stereocenters. The lowest BCUT2D eigenvalue weighted by atomic mass is 10.1. The van der Waals surface area contributed by atoms with Crippen molar-refractivity contribution in [3.8, 4) is 11.3 Å². The van der Waals surface area contributed by atoms with Gasteiger partial charge in [0, 0.05) is 36.6 Å². The van der Waals surface area contributed by atoms with Crippen molar-refractivity contribution < 1.29 is 4.74 Å². The van der Waals surface area contributed by atoms with E-state index < -0.39 is 0 Å². The topological polar surface area (TPSA) is 90.0 Å². The highest BCUT2D eigenvalue weighted by Crippen LogP contribution is 2.27. The Balaban J connectivity index is 2.02. The van der Waals surface area contributed by atoms with Crippen LogP contribution in [0.2, 0.25) is 5.15 Å². The largest absolute Gasteiger partial charge is 0.378 e. The molecule has 0 amide bonds. The van der Waals surface area contributed by atoms with Crippen molar-refractivity contribution in [2.24, 2.45) is 0 Å². The smallest absolute Gasteiger partial charge is 0.227 e. The standard InChI is InChI=1S/C13H15ClN6O/c1-8-10(9-6-16-12(15)17-7-9)18-13(19-11(8)14)20-2-4-21-5-3-20/h6-7H,2-5H2,1H3,(H2,15,16,17). The summed E-state index contributed by atoms with van der Waals surface area (Å²) in [5, 5.41) is 0.429. The molecule has 0 saturated carbocycles. The minimum absolute atomic E-state index is 0.227. The number of nitrogens with zero attached hydrogens (tertiary/aromatic N) is 5. The first-order chi connectivity index (χ1) is 10.1. The molecule has 7 nitrogen and oxygen atoms in total. The van der Waals surface area contributed by atoms with Crippen LogP contribution >= 0.6 is 11.6 Å². The summed E-state index contributed by atoms with van der Waals surface area (Å²) in [6.45, 7) is 4.69. The molecule has 0 aromatic carbocycles. The van der Waals surface area contributed by atoms with E-state index in [1.54, 1.807) is 12.4 Å². The third-order valence-corrected chi connectivity index (χ3v) is 3.68. The van der Waals surface area contributed by atoms with E-state index in [1.807, 2.05) is 6.92 Å². The number of nitrogens with two attached hydrogens (primary N) is 1. The summed E-state index contributed by atoms with van der Waals surface area (Å²) >= 11 is 6.24. The summed E-state index contributed by atoms with van der Waals surface area (Å²) < 4.78 is 5.34. The van der Waals surface area contributed by atoms with Crippen LogP contribution in [0.15, 0.2) is 12.4 Å². The molecule has 1 saturated heterocycles. The molecule has 1 aliphatic rings. The number of anilines is 2. The predicted molar refractivity (Wildman–Crippen MR) is 80.2 cm³/mol. The van der Waals surface area contributed by atoms with Gasteiger partial charge in [0.2, 0.25) is 11.9 Å². The van der Waals surface area contributed by atoms with Gasteiger partial charge in [-0.15, -0.1) is 0 Å². The molecule has 21 heavy (non-hydrogen) atoms. The molecular weight excluding hydrogens is 292 g/mol. The van der Waals surface area contributed by atoms with Gasteiger partial charge in [0.25, 0.3) is 0 Å². The second-order valence-electron chi connectivity index (χ2n) is 4.72. The summed E-state index contributed by atoms with van der Waals surface area (Å²) in [5.74, 6) is 0.825. The zero-order valence-corrected chi connectivity index (χ0v) is 12.3. The van der Waals surface area contributed by atoms with Gasteiger partial charge in [-0.3, -0.25) is 0 Å². The Bertz CT molecular complexity index is 642. The van der Waals surface area contributed by atoms with Crippen molar-refractivity contribution in [3.05, 3.63) is 23.1 Å². The van der Waals surface area contributed by atoms with E-state index in [9.17, 15) is 0 Å². The summed E-state index contributed by atoms with van der Waals surface area (Å²) in [6.07, 6.45) is 3.27. The molecule has 110 valence electrons. The Kier molecular flexibility index (Phi) is 3.85. The SMILES string of the molecule is Cc1c(Cl)nc(N2CCOCC2)nc1-c1cnc(N)nc1. The number of nitrogen functional groups attached to an aromatic ring is 1. The molecule has 2 N–H and O–H groups in total. The Morgan fingerprint density at radius 2 is 1.86 bits per heavy atom. The Morgan fingerprint density at radius 3 is 2.52 bits per heavy atom. The summed E-state index contributed by atoms with van der Waals surface area (Å²) in [6, 6.07) is 0. The maximum Gasteiger partial charge on any atom is 0.227 e. The molecule has 1 aliphatic heterocycles. The fourth-order valence-electron chi connectivity index (χ4n) is 2.12. The van der Waals surface area contributed by atoms with Crippen molar-refractivity contribution in [1.29, 1.82) is 0 Å². The Hall–Kier alpha value is -1.99. The molecule has 3 rings (SSSR count). The molecule has 0 spiro atoms. The third-order valence-electron chi connectivity index (χ3n) is 3.31. The minimum Gasteiger partial charge on any atom is -0.378 e. The lowest BCUT2D eigenvalue weighted by molar-refractivity contribution is 0.122. The van der Waals surface area contributed by atoms with Crippen molar-refractivity contribution in [1.82, 2.24) is 19.9 Å². The fraction of sp³-hybridized carbons (Fsp3) is 0.385. The van der Waals surface area contributed by atoms with Gasteiger partial charge in [-0.2, -0.15) is 0 Å². The number of hydrogen-bond acceptors (Lipinski definition) is 7. The maximum atomic E-state index is 6.24. The van der Waals surface area contributed by atoms with Gasteiger partial charge in [-0.25, -0.2) is 19.9 Å². The lowest BCUT2D eigenvalue weighted by Gasteiger charge is -2.27. The van der Waals surface area contributed by atoms with Gasteiger partial charge in [-0.1, -0.05) is 11.6 Å². The first kappa shape index (κ1) is 14.0. The van der Waals surface area contributed by atoms with Gasteiger partial charge in [0.05, 0.1) is 18.9 Å². The van der Waals surface area contributed by atoms with Crippen LogP contribution in [0, 0.1) is 6.92 Å². The minimum atomic E-state index is 0.227. The van der Waals surface area contributed by atoms with E-state index in [0.29, 0.717) is 24.3 Å². The van der Waals surface area contributed by atoms with Crippen LogP contribution in [0.25, 0.3) is 11.3 Å². The summed E-state index contributed by atoms with van der Waals surface area (Å²) in [5.41, 5.74) is 7.79. The van der Waals surface area contributed by atoms with Crippen LogP contribution in [0.5, 0.6) is 0 Å².